The minimum atomic E-state index is -0.512. The third kappa shape index (κ3) is 6.83. The topological polar surface area (TPSA) is 43.4 Å². The monoisotopic (exact) mass is 352 g/mol. The minimum absolute atomic E-state index is 0.218. The van der Waals surface area contributed by atoms with E-state index in [4.69, 9.17) is 4.74 Å². The molecule has 0 atom stereocenters. The van der Waals surface area contributed by atoms with Crippen molar-refractivity contribution in [2.75, 3.05) is 0 Å². The molecule has 0 radical (unpaired) electrons. The van der Waals surface area contributed by atoms with E-state index in [0.717, 1.165) is 23.6 Å². The molecule has 0 amide bonds. The molecule has 2 aromatic rings. The first kappa shape index (κ1) is 19.9. The Morgan fingerprint density at radius 3 is 2.46 bits per heavy atom. The highest BCUT2D eigenvalue weighted by Gasteiger charge is 2.12. The number of hydrogen-bond acceptors (Lipinski definition) is 3. The van der Waals surface area contributed by atoms with Crippen LogP contribution in [0.4, 0.5) is 0 Å². The SMILES string of the molecule is CCCCCCCCC=COC(=O)CC(=O)c1ccc2ccccc2c1. The maximum atomic E-state index is 12.2. The average Bonchev–Trinajstić information content (AvgIpc) is 2.66. The number of hydrogen-bond donors (Lipinski definition) is 0. The van der Waals surface area contributed by atoms with Gasteiger partial charge in [-0.1, -0.05) is 75.4 Å². The first-order chi connectivity index (χ1) is 12.7. The summed E-state index contributed by atoms with van der Waals surface area (Å²) in [7, 11) is 0. The molecule has 0 aliphatic carbocycles. The van der Waals surface area contributed by atoms with E-state index in [1.54, 1.807) is 6.07 Å². The van der Waals surface area contributed by atoms with E-state index in [1.165, 1.54) is 38.4 Å². The molecule has 0 aliphatic rings. The zero-order valence-corrected chi connectivity index (χ0v) is 15.6. The van der Waals surface area contributed by atoms with E-state index >= 15 is 0 Å². The van der Waals surface area contributed by atoms with Gasteiger partial charge in [0.15, 0.2) is 5.78 Å². The number of carbonyl (C=O) groups excluding carboxylic acids is 2. The molecule has 0 saturated heterocycles. The van der Waals surface area contributed by atoms with Crippen LogP contribution in [0.2, 0.25) is 0 Å². The summed E-state index contributed by atoms with van der Waals surface area (Å²) in [6.07, 6.45) is 11.4. The van der Waals surface area contributed by atoms with Gasteiger partial charge in [0.25, 0.3) is 0 Å². The van der Waals surface area contributed by atoms with Crippen molar-refractivity contribution in [2.45, 2.75) is 58.3 Å². The van der Waals surface area contributed by atoms with Crippen LogP contribution in [0, 0.1) is 0 Å². The maximum Gasteiger partial charge on any atom is 0.318 e. The molecule has 0 fully saturated rings. The Hall–Kier alpha value is -2.42. The fourth-order valence-electron chi connectivity index (χ4n) is 2.87. The maximum absolute atomic E-state index is 12.2. The van der Waals surface area contributed by atoms with Gasteiger partial charge >= 0.3 is 5.97 Å². The fourth-order valence-corrected chi connectivity index (χ4v) is 2.87. The van der Waals surface area contributed by atoms with E-state index in [1.807, 2.05) is 42.5 Å². The molecule has 2 aromatic carbocycles. The quantitative estimate of drug-likeness (QED) is 0.158. The fraction of sp³-hybridized carbons (Fsp3) is 0.391. The molecule has 26 heavy (non-hydrogen) atoms. The first-order valence-electron chi connectivity index (χ1n) is 9.57. The van der Waals surface area contributed by atoms with Crippen LogP contribution in [0.5, 0.6) is 0 Å². The average molecular weight is 352 g/mol. The van der Waals surface area contributed by atoms with E-state index < -0.39 is 5.97 Å². The lowest BCUT2D eigenvalue weighted by molar-refractivity contribution is -0.136. The lowest BCUT2D eigenvalue weighted by atomic mass is 10.0. The summed E-state index contributed by atoms with van der Waals surface area (Å²) in [5.74, 6) is -0.729. The van der Waals surface area contributed by atoms with Crippen molar-refractivity contribution in [2.24, 2.45) is 0 Å². The zero-order valence-electron chi connectivity index (χ0n) is 15.6. The van der Waals surface area contributed by atoms with E-state index in [2.05, 4.69) is 6.92 Å². The predicted molar refractivity (Wildman–Crippen MR) is 106 cm³/mol. The summed E-state index contributed by atoms with van der Waals surface area (Å²) in [6.45, 7) is 2.21. The number of fused-ring (bicyclic) bond motifs is 1. The lowest BCUT2D eigenvalue weighted by Gasteiger charge is -2.03. The highest BCUT2D eigenvalue weighted by molar-refractivity contribution is 6.07. The Kier molecular flexibility index (Phi) is 8.61. The Bertz CT molecular complexity index is 746. The third-order valence-corrected chi connectivity index (χ3v) is 4.40. The Morgan fingerprint density at radius 2 is 1.65 bits per heavy atom. The molecule has 0 N–H and O–H groups in total. The normalized spacial score (nSPS) is 11.1. The molecule has 0 aromatic heterocycles. The van der Waals surface area contributed by atoms with Gasteiger partial charge in [-0.25, -0.2) is 0 Å². The van der Waals surface area contributed by atoms with Crippen LogP contribution in [0.3, 0.4) is 0 Å². The number of ether oxygens (including phenoxy) is 1. The Labute approximate surface area is 156 Å². The van der Waals surface area contributed by atoms with Crippen molar-refractivity contribution in [3.8, 4) is 0 Å². The van der Waals surface area contributed by atoms with Crippen LogP contribution < -0.4 is 0 Å². The van der Waals surface area contributed by atoms with Crippen molar-refractivity contribution in [1.82, 2.24) is 0 Å². The van der Waals surface area contributed by atoms with Gasteiger partial charge in [0.1, 0.15) is 6.42 Å². The molecule has 0 aliphatic heterocycles. The number of Topliss-reactive ketones (excluding diaryl/α,β-unsaturated/α-hetero) is 1. The van der Waals surface area contributed by atoms with Gasteiger partial charge in [0.05, 0.1) is 6.26 Å². The Morgan fingerprint density at radius 1 is 0.923 bits per heavy atom. The third-order valence-electron chi connectivity index (χ3n) is 4.40. The van der Waals surface area contributed by atoms with Crippen LogP contribution in [0.1, 0.15) is 68.6 Å². The highest BCUT2D eigenvalue weighted by Crippen LogP contribution is 2.17. The van der Waals surface area contributed by atoms with E-state index in [0.29, 0.717) is 5.56 Å². The summed E-state index contributed by atoms with van der Waals surface area (Å²) in [6, 6.07) is 13.3. The zero-order chi connectivity index (χ0) is 18.6. The van der Waals surface area contributed by atoms with Crippen molar-refractivity contribution in [3.05, 3.63) is 60.4 Å². The second-order valence-corrected chi connectivity index (χ2v) is 6.58. The first-order valence-corrected chi connectivity index (χ1v) is 9.57. The molecule has 138 valence electrons. The van der Waals surface area contributed by atoms with Crippen LogP contribution >= 0.6 is 0 Å². The molecule has 3 nitrogen and oxygen atoms in total. The second-order valence-electron chi connectivity index (χ2n) is 6.58. The van der Waals surface area contributed by atoms with Gasteiger partial charge in [0, 0.05) is 5.56 Å². The molecule has 0 saturated carbocycles. The molecule has 0 heterocycles. The molecular weight excluding hydrogens is 324 g/mol. The lowest BCUT2D eigenvalue weighted by Crippen LogP contribution is -2.09. The summed E-state index contributed by atoms with van der Waals surface area (Å²) >= 11 is 0. The number of unbranched alkanes of at least 4 members (excludes halogenated alkanes) is 6. The van der Waals surface area contributed by atoms with E-state index in [-0.39, 0.29) is 12.2 Å². The summed E-state index contributed by atoms with van der Waals surface area (Å²) < 4.78 is 5.03. The summed E-state index contributed by atoms with van der Waals surface area (Å²) in [4.78, 5) is 24.0. The van der Waals surface area contributed by atoms with Gasteiger partial charge < -0.3 is 4.74 Å². The van der Waals surface area contributed by atoms with Crippen molar-refractivity contribution in [1.29, 1.82) is 0 Å². The van der Waals surface area contributed by atoms with Gasteiger partial charge in [-0.3, -0.25) is 9.59 Å². The number of benzene rings is 2. The van der Waals surface area contributed by atoms with Gasteiger partial charge in [-0.15, -0.1) is 0 Å². The van der Waals surface area contributed by atoms with Gasteiger partial charge in [-0.05, 0) is 35.8 Å². The van der Waals surface area contributed by atoms with Crippen LogP contribution in [0.25, 0.3) is 10.8 Å². The standard InChI is InChI=1S/C23H28O3/c1-2-3-4-5-6-7-8-11-16-26-23(25)18-22(24)21-15-14-19-12-9-10-13-20(19)17-21/h9-17H,2-8,18H2,1H3. The van der Waals surface area contributed by atoms with Crippen molar-refractivity contribution < 1.29 is 14.3 Å². The Balaban J connectivity index is 1.69. The van der Waals surface area contributed by atoms with Crippen molar-refractivity contribution >= 4 is 22.5 Å². The molecule has 0 unspecified atom stereocenters. The number of rotatable bonds is 11. The van der Waals surface area contributed by atoms with Crippen LogP contribution in [-0.2, 0) is 9.53 Å². The largest absolute Gasteiger partial charge is 0.434 e. The minimum Gasteiger partial charge on any atom is -0.434 e. The summed E-state index contributed by atoms with van der Waals surface area (Å²) in [5.41, 5.74) is 0.539. The molecule has 0 bridgehead atoms. The highest BCUT2D eigenvalue weighted by atomic mass is 16.5. The van der Waals surface area contributed by atoms with Gasteiger partial charge in [-0.2, -0.15) is 0 Å². The van der Waals surface area contributed by atoms with Crippen LogP contribution in [0.15, 0.2) is 54.8 Å². The number of ketones is 1. The molecular formula is C23H28O3. The van der Waals surface area contributed by atoms with Crippen molar-refractivity contribution in [3.63, 3.8) is 0 Å². The summed E-state index contributed by atoms with van der Waals surface area (Å²) in [5, 5.41) is 2.06. The predicted octanol–water partition coefficient (Wildman–Crippen LogP) is 6.22. The number of esters is 1. The smallest absolute Gasteiger partial charge is 0.318 e. The van der Waals surface area contributed by atoms with Crippen LogP contribution in [-0.4, -0.2) is 11.8 Å². The van der Waals surface area contributed by atoms with Gasteiger partial charge in [0.2, 0.25) is 0 Å². The molecule has 3 heteroatoms. The molecule has 0 spiro atoms. The molecule has 2 rings (SSSR count). The van der Waals surface area contributed by atoms with E-state index in [9.17, 15) is 9.59 Å². The number of allylic oxidation sites excluding steroid dienone is 1. The number of carbonyl (C=O) groups is 2. The second kappa shape index (κ2) is 11.2.